The van der Waals surface area contributed by atoms with Gasteiger partial charge in [0.2, 0.25) is 0 Å². The Kier molecular flexibility index (Phi) is 8.07. The van der Waals surface area contributed by atoms with Gasteiger partial charge in [0.05, 0.1) is 18.8 Å². The van der Waals surface area contributed by atoms with Crippen LogP contribution in [0.3, 0.4) is 0 Å². The molecule has 0 spiro atoms. The molecule has 27 heavy (non-hydrogen) atoms. The van der Waals surface area contributed by atoms with Crippen LogP contribution < -0.4 is 20.1 Å². The maximum absolute atomic E-state index is 12.5. The third-order valence-corrected chi connectivity index (χ3v) is 3.70. The first kappa shape index (κ1) is 20.7. The third-order valence-electron chi connectivity index (χ3n) is 3.50. The number of anilines is 1. The molecule has 0 aliphatic carbocycles. The second-order valence-electron chi connectivity index (χ2n) is 6.49. The highest BCUT2D eigenvalue weighted by Crippen LogP contribution is 2.19. The minimum absolute atomic E-state index is 0.214. The Bertz CT molecular complexity index is 778. The number of rotatable bonds is 8. The van der Waals surface area contributed by atoms with Crippen molar-refractivity contribution in [1.29, 1.82) is 0 Å². The number of carbonyl (C=O) groups is 1. The van der Waals surface area contributed by atoms with Crippen molar-refractivity contribution in [3.63, 3.8) is 0 Å². The predicted octanol–water partition coefficient (Wildman–Crippen LogP) is 4.64. The van der Waals surface area contributed by atoms with Gasteiger partial charge in [-0.2, -0.15) is 0 Å². The molecule has 0 radical (unpaired) electrons. The highest BCUT2D eigenvalue weighted by Gasteiger charge is 2.13. The van der Waals surface area contributed by atoms with E-state index in [9.17, 15) is 4.79 Å². The number of para-hydroxylation sites is 1. The molecule has 0 saturated carbocycles. The van der Waals surface area contributed by atoms with Gasteiger partial charge >= 0.3 is 0 Å². The fourth-order valence-corrected chi connectivity index (χ4v) is 2.46. The molecule has 144 valence electrons. The minimum atomic E-state index is -0.314. The van der Waals surface area contributed by atoms with Gasteiger partial charge in [-0.3, -0.25) is 10.1 Å². The zero-order chi connectivity index (χ0) is 19.6. The van der Waals surface area contributed by atoms with E-state index >= 15 is 0 Å². The van der Waals surface area contributed by atoms with Crippen LogP contribution in [0, 0.1) is 5.92 Å². The van der Waals surface area contributed by atoms with E-state index in [4.69, 9.17) is 21.7 Å². The molecule has 2 N–H and O–H groups in total. The molecule has 0 aliphatic heterocycles. The summed E-state index contributed by atoms with van der Waals surface area (Å²) < 4.78 is 11.3. The Balaban J connectivity index is 1.98. The summed E-state index contributed by atoms with van der Waals surface area (Å²) in [4.78, 5) is 12.5. The van der Waals surface area contributed by atoms with E-state index in [1.54, 1.807) is 18.2 Å². The smallest absolute Gasteiger partial charge is 0.261 e. The molecule has 0 aliphatic rings. The van der Waals surface area contributed by atoms with E-state index in [0.717, 1.165) is 17.9 Å². The van der Waals surface area contributed by atoms with Gasteiger partial charge in [-0.15, -0.1) is 0 Å². The summed E-state index contributed by atoms with van der Waals surface area (Å²) in [5.41, 5.74) is 1.20. The standard InChI is InChI=1S/C21H26N2O3S/c1-4-12-25-19-11-6-5-10-18(19)20(24)23-21(27)22-16-8-7-9-17(13-16)26-14-15(2)3/h5-11,13,15H,4,12,14H2,1-3H3,(H2,22,23,24,27). The van der Waals surface area contributed by atoms with Crippen molar-refractivity contribution in [2.75, 3.05) is 18.5 Å². The Morgan fingerprint density at radius 3 is 2.63 bits per heavy atom. The van der Waals surface area contributed by atoms with Crippen molar-refractivity contribution in [2.24, 2.45) is 5.92 Å². The lowest BCUT2D eigenvalue weighted by molar-refractivity contribution is 0.0973. The van der Waals surface area contributed by atoms with Gasteiger partial charge in [-0.25, -0.2) is 0 Å². The van der Waals surface area contributed by atoms with Crippen molar-refractivity contribution < 1.29 is 14.3 Å². The monoisotopic (exact) mass is 386 g/mol. The van der Waals surface area contributed by atoms with Gasteiger partial charge in [0.1, 0.15) is 11.5 Å². The molecule has 0 fully saturated rings. The molecule has 2 aromatic rings. The molecule has 0 heterocycles. The minimum Gasteiger partial charge on any atom is -0.493 e. The van der Waals surface area contributed by atoms with Crippen LogP contribution in [0.2, 0.25) is 0 Å². The normalized spacial score (nSPS) is 10.4. The number of hydrogen-bond donors (Lipinski definition) is 2. The fourth-order valence-electron chi connectivity index (χ4n) is 2.25. The predicted molar refractivity (Wildman–Crippen MR) is 113 cm³/mol. The maximum Gasteiger partial charge on any atom is 0.261 e. The van der Waals surface area contributed by atoms with Gasteiger partial charge in [0, 0.05) is 11.8 Å². The number of amides is 1. The summed E-state index contributed by atoms with van der Waals surface area (Å²) in [5, 5.41) is 5.92. The molecule has 0 saturated heterocycles. The van der Waals surface area contributed by atoms with Gasteiger partial charge < -0.3 is 14.8 Å². The molecule has 0 bridgehead atoms. The second kappa shape index (κ2) is 10.5. The largest absolute Gasteiger partial charge is 0.493 e. The lowest BCUT2D eigenvalue weighted by Gasteiger charge is -2.14. The van der Waals surface area contributed by atoms with E-state index in [0.29, 0.717) is 30.4 Å². The van der Waals surface area contributed by atoms with Gasteiger partial charge in [0.15, 0.2) is 5.11 Å². The molecule has 0 aromatic heterocycles. The molecular weight excluding hydrogens is 360 g/mol. The molecule has 0 unspecified atom stereocenters. The van der Waals surface area contributed by atoms with Crippen molar-refractivity contribution in [3.05, 3.63) is 54.1 Å². The zero-order valence-corrected chi connectivity index (χ0v) is 16.8. The number of nitrogens with one attached hydrogen (secondary N) is 2. The number of carbonyl (C=O) groups excluding carboxylic acids is 1. The van der Waals surface area contributed by atoms with E-state index in [-0.39, 0.29) is 11.0 Å². The van der Waals surface area contributed by atoms with Gasteiger partial charge in [-0.1, -0.05) is 39.0 Å². The van der Waals surface area contributed by atoms with Crippen molar-refractivity contribution in [2.45, 2.75) is 27.2 Å². The van der Waals surface area contributed by atoms with Crippen LogP contribution in [0.25, 0.3) is 0 Å². The first-order valence-electron chi connectivity index (χ1n) is 9.06. The first-order chi connectivity index (χ1) is 13.0. The van der Waals surface area contributed by atoms with Crippen LogP contribution in [0.15, 0.2) is 48.5 Å². The van der Waals surface area contributed by atoms with E-state index in [1.165, 1.54) is 0 Å². The average Bonchev–Trinajstić information content (AvgIpc) is 2.65. The topological polar surface area (TPSA) is 59.6 Å². The maximum atomic E-state index is 12.5. The van der Waals surface area contributed by atoms with E-state index in [1.807, 2.05) is 37.3 Å². The van der Waals surface area contributed by atoms with E-state index < -0.39 is 0 Å². The molecule has 1 amide bonds. The lowest BCUT2D eigenvalue weighted by Crippen LogP contribution is -2.34. The Morgan fingerprint density at radius 1 is 1.11 bits per heavy atom. The number of benzene rings is 2. The fraction of sp³-hybridized carbons (Fsp3) is 0.333. The van der Waals surface area contributed by atoms with Crippen LogP contribution >= 0.6 is 12.2 Å². The first-order valence-corrected chi connectivity index (χ1v) is 9.47. The Labute approximate surface area is 166 Å². The third kappa shape index (κ3) is 6.90. The average molecular weight is 387 g/mol. The van der Waals surface area contributed by atoms with Gasteiger partial charge in [0.25, 0.3) is 5.91 Å². The van der Waals surface area contributed by atoms with Crippen molar-refractivity contribution in [3.8, 4) is 11.5 Å². The van der Waals surface area contributed by atoms with Crippen LogP contribution in [0.5, 0.6) is 11.5 Å². The van der Waals surface area contributed by atoms with Crippen LogP contribution in [0.1, 0.15) is 37.6 Å². The Morgan fingerprint density at radius 2 is 1.89 bits per heavy atom. The highest BCUT2D eigenvalue weighted by molar-refractivity contribution is 7.80. The highest BCUT2D eigenvalue weighted by atomic mass is 32.1. The van der Waals surface area contributed by atoms with Crippen LogP contribution in [0.4, 0.5) is 5.69 Å². The van der Waals surface area contributed by atoms with Crippen molar-refractivity contribution in [1.82, 2.24) is 5.32 Å². The molecule has 5 nitrogen and oxygen atoms in total. The van der Waals surface area contributed by atoms with Crippen molar-refractivity contribution >= 4 is 28.9 Å². The SMILES string of the molecule is CCCOc1ccccc1C(=O)NC(=S)Nc1cccc(OCC(C)C)c1. The zero-order valence-electron chi connectivity index (χ0n) is 16.0. The van der Waals surface area contributed by atoms with Crippen LogP contribution in [-0.4, -0.2) is 24.2 Å². The van der Waals surface area contributed by atoms with Gasteiger partial charge in [-0.05, 0) is 48.8 Å². The lowest BCUT2D eigenvalue weighted by atomic mass is 10.2. The molecule has 6 heteroatoms. The molecule has 2 aromatic carbocycles. The number of hydrogen-bond acceptors (Lipinski definition) is 4. The summed E-state index contributed by atoms with van der Waals surface area (Å²) in [6.45, 7) is 7.39. The summed E-state index contributed by atoms with van der Waals surface area (Å²) in [6, 6.07) is 14.6. The van der Waals surface area contributed by atoms with Crippen LogP contribution in [-0.2, 0) is 0 Å². The molecule has 2 rings (SSSR count). The summed E-state index contributed by atoms with van der Waals surface area (Å²) >= 11 is 5.27. The second-order valence-corrected chi connectivity index (χ2v) is 6.89. The summed E-state index contributed by atoms with van der Waals surface area (Å²) in [5.74, 6) is 1.42. The molecule has 0 atom stereocenters. The summed E-state index contributed by atoms with van der Waals surface area (Å²) in [7, 11) is 0. The quantitative estimate of drug-likeness (QED) is 0.648. The molecular formula is C21H26N2O3S. The summed E-state index contributed by atoms with van der Waals surface area (Å²) in [6.07, 6.45) is 0.866. The van der Waals surface area contributed by atoms with E-state index in [2.05, 4.69) is 24.5 Å². The Hall–Kier alpha value is -2.60. The number of thiocarbonyl (C=S) groups is 1. The number of ether oxygens (including phenoxy) is 2.